The Hall–Kier alpha value is 0.250. The van der Waals surface area contributed by atoms with Crippen molar-refractivity contribution in [3.8, 4) is 0 Å². The number of hydrogen-bond acceptors (Lipinski definition) is 1. The van der Waals surface area contributed by atoms with E-state index in [1.165, 1.54) is 25.7 Å². The second-order valence-corrected chi connectivity index (χ2v) is 2.23. The van der Waals surface area contributed by atoms with Crippen LogP contribution in [0.4, 0.5) is 0 Å². The summed E-state index contributed by atoms with van der Waals surface area (Å²) in [4.78, 5) is 0. The van der Waals surface area contributed by atoms with E-state index in [4.69, 9.17) is 0 Å². The van der Waals surface area contributed by atoms with Gasteiger partial charge in [-0.15, -0.1) is 12.4 Å². The first-order valence-electron chi connectivity index (χ1n) is 2.93. The summed E-state index contributed by atoms with van der Waals surface area (Å²) in [5.74, 6) is 1.15. The van der Waals surface area contributed by atoms with Gasteiger partial charge in [0.15, 0.2) is 0 Å². The SMILES string of the molecule is CCCC1CC1.Cl.N. The normalized spacial score (nSPS) is 16.1. The minimum Gasteiger partial charge on any atom is -0.344 e. The van der Waals surface area contributed by atoms with E-state index in [1.54, 1.807) is 0 Å². The fraction of sp³-hybridized carbons (Fsp3) is 1.00. The molecular weight excluding hydrogens is 122 g/mol. The molecule has 3 N–H and O–H groups in total. The summed E-state index contributed by atoms with van der Waals surface area (Å²) in [6.45, 7) is 2.26. The van der Waals surface area contributed by atoms with Crippen LogP contribution in [0.15, 0.2) is 0 Å². The van der Waals surface area contributed by atoms with Crippen LogP contribution in [0.3, 0.4) is 0 Å². The molecule has 0 unspecified atom stereocenters. The van der Waals surface area contributed by atoms with Crippen LogP contribution in [0.5, 0.6) is 0 Å². The lowest BCUT2D eigenvalue weighted by Gasteiger charge is -1.82. The molecule has 0 spiro atoms. The smallest absolute Gasteiger partial charge is 0.0414 e. The van der Waals surface area contributed by atoms with Gasteiger partial charge in [0, 0.05) is 0 Å². The molecule has 0 aromatic rings. The van der Waals surface area contributed by atoms with Gasteiger partial charge in [-0.05, 0) is 5.92 Å². The van der Waals surface area contributed by atoms with E-state index >= 15 is 0 Å². The van der Waals surface area contributed by atoms with Crippen molar-refractivity contribution in [2.24, 2.45) is 5.92 Å². The highest BCUT2D eigenvalue weighted by Gasteiger charge is 2.18. The van der Waals surface area contributed by atoms with Gasteiger partial charge in [0.1, 0.15) is 0 Å². The average Bonchev–Trinajstić information content (AvgIpc) is 2.21. The van der Waals surface area contributed by atoms with Crippen molar-refractivity contribution in [3.63, 3.8) is 0 Å². The van der Waals surface area contributed by atoms with Crippen molar-refractivity contribution in [2.75, 3.05) is 0 Å². The van der Waals surface area contributed by atoms with Crippen LogP contribution in [-0.4, -0.2) is 0 Å². The standard InChI is InChI=1S/C6H12.ClH.H3N/c1-2-3-6-4-5-6;;/h6H,2-5H2,1H3;1H;1H3. The van der Waals surface area contributed by atoms with Gasteiger partial charge < -0.3 is 6.15 Å². The molecule has 1 saturated carbocycles. The molecule has 0 heterocycles. The molecule has 2 heteroatoms. The van der Waals surface area contributed by atoms with E-state index in [2.05, 4.69) is 6.92 Å². The monoisotopic (exact) mass is 137 g/mol. The quantitative estimate of drug-likeness (QED) is 0.624. The predicted molar refractivity (Wildman–Crippen MR) is 39.9 cm³/mol. The van der Waals surface area contributed by atoms with Gasteiger partial charge in [0.2, 0.25) is 0 Å². The molecule has 1 fully saturated rings. The van der Waals surface area contributed by atoms with Crippen molar-refractivity contribution in [1.82, 2.24) is 6.15 Å². The molecule has 1 nitrogen and oxygen atoms in total. The lowest BCUT2D eigenvalue weighted by molar-refractivity contribution is 0.708. The zero-order valence-electron chi connectivity index (χ0n) is 5.52. The highest BCUT2D eigenvalue weighted by atomic mass is 35.5. The van der Waals surface area contributed by atoms with Gasteiger partial charge in [0.25, 0.3) is 0 Å². The number of rotatable bonds is 2. The van der Waals surface area contributed by atoms with Gasteiger partial charge in [-0.1, -0.05) is 32.6 Å². The summed E-state index contributed by atoms with van der Waals surface area (Å²) < 4.78 is 0. The molecule has 0 radical (unpaired) electrons. The van der Waals surface area contributed by atoms with E-state index in [1.807, 2.05) is 0 Å². The molecule has 0 saturated heterocycles. The third kappa shape index (κ3) is 4.41. The summed E-state index contributed by atoms with van der Waals surface area (Å²) in [5.41, 5.74) is 0. The van der Waals surface area contributed by atoms with Gasteiger partial charge in [-0.25, -0.2) is 0 Å². The first kappa shape index (κ1) is 11.1. The molecular formula is C6H16ClN. The summed E-state index contributed by atoms with van der Waals surface area (Å²) >= 11 is 0. The van der Waals surface area contributed by atoms with Crippen LogP contribution in [0, 0.1) is 5.92 Å². The maximum absolute atomic E-state index is 2.26. The molecule has 0 aromatic carbocycles. The largest absolute Gasteiger partial charge is 0.344 e. The Morgan fingerprint density at radius 1 is 1.38 bits per heavy atom. The molecule has 1 rings (SSSR count). The van der Waals surface area contributed by atoms with Crippen molar-refractivity contribution < 1.29 is 0 Å². The second-order valence-electron chi connectivity index (χ2n) is 2.23. The third-order valence-electron chi connectivity index (χ3n) is 1.39. The first-order valence-corrected chi connectivity index (χ1v) is 2.93. The molecule has 0 aromatic heterocycles. The lowest BCUT2D eigenvalue weighted by Crippen LogP contribution is -1.68. The van der Waals surface area contributed by atoms with E-state index in [-0.39, 0.29) is 18.6 Å². The molecule has 0 atom stereocenters. The average molecular weight is 138 g/mol. The third-order valence-corrected chi connectivity index (χ3v) is 1.39. The molecule has 1 aliphatic carbocycles. The molecule has 52 valence electrons. The zero-order chi connectivity index (χ0) is 4.41. The maximum Gasteiger partial charge on any atom is -0.0414 e. The Balaban J connectivity index is 0. The van der Waals surface area contributed by atoms with Gasteiger partial charge >= 0.3 is 0 Å². The van der Waals surface area contributed by atoms with E-state index in [0.717, 1.165) is 5.92 Å². The van der Waals surface area contributed by atoms with Crippen LogP contribution in [-0.2, 0) is 0 Å². The molecule has 0 aliphatic heterocycles. The summed E-state index contributed by atoms with van der Waals surface area (Å²) in [6, 6.07) is 0. The molecule has 0 bridgehead atoms. The van der Waals surface area contributed by atoms with Crippen LogP contribution in [0.2, 0.25) is 0 Å². The molecule has 0 amide bonds. The Morgan fingerprint density at radius 3 is 2.00 bits per heavy atom. The predicted octanol–water partition coefficient (Wildman–Crippen LogP) is 2.78. The van der Waals surface area contributed by atoms with Crippen molar-refractivity contribution in [1.29, 1.82) is 0 Å². The minimum absolute atomic E-state index is 0. The Kier molecular flexibility index (Phi) is 7.48. The van der Waals surface area contributed by atoms with Crippen molar-refractivity contribution >= 4 is 12.4 Å². The summed E-state index contributed by atoms with van der Waals surface area (Å²) in [5, 5.41) is 0. The van der Waals surface area contributed by atoms with E-state index < -0.39 is 0 Å². The fourth-order valence-corrected chi connectivity index (χ4v) is 0.815. The van der Waals surface area contributed by atoms with Crippen LogP contribution in [0.25, 0.3) is 0 Å². The topological polar surface area (TPSA) is 35.0 Å². The van der Waals surface area contributed by atoms with Crippen LogP contribution in [0.1, 0.15) is 32.6 Å². The highest BCUT2D eigenvalue weighted by Crippen LogP contribution is 2.32. The highest BCUT2D eigenvalue weighted by molar-refractivity contribution is 5.85. The summed E-state index contributed by atoms with van der Waals surface area (Å²) in [6.07, 6.45) is 5.92. The number of halogens is 1. The Morgan fingerprint density at radius 2 is 1.88 bits per heavy atom. The van der Waals surface area contributed by atoms with Crippen LogP contribution < -0.4 is 6.15 Å². The van der Waals surface area contributed by atoms with Gasteiger partial charge in [-0.2, -0.15) is 0 Å². The lowest BCUT2D eigenvalue weighted by atomic mass is 10.2. The second kappa shape index (κ2) is 5.39. The fourth-order valence-electron chi connectivity index (χ4n) is 0.815. The van der Waals surface area contributed by atoms with Crippen molar-refractivity contribution in [3.05, 3.63) is 0 Å². The zero-order valence-corrected chi connectivity index (χ0v) is 6.34. The summed E-state index contributed by atoms with van der Waals surface area (Å²) in [7, 11) is 0. The number of hydrogen-bond donors (Lipinski definition) is 1. The van der Waals surface area contributed by atoms with Gasteiger partial charge in [-0.3, -0.25) is 0 Å². The van der Waals surface area contributed by atoms with E-state index in [9.17, 15) is 0 Å². The van der Waals surface area contributed by atoms with Crippen molar-refractivity contribution in [2.45, 2.75) is 32.6 Å². The maximum atomic E-state index is 2.26. The molecule has 8 heavy (non-hydrogen) atoms. The molecule has 1 aliphatic rings. The van der Waals surface area contributed by atoms with Crippen LogP contribution >= 0.6 is 12.4 Å². The Bertz CT molecular complexity index is 43.8. The van der Waals surface area contributed by atoms with Gasteiger partial charge in [0.05, 0.1) is 0 Å². The minimum atomic E-state index is 0. The first-order chi connectivity index (χ1) is 2.93. The Labute approximate surface area is 57.8 Å². The van der Waals surface area contributed by atoms with E-state index in [0.29, 0.717) is 0 Å².